The van der Waals surface area contributed by atoms with Crippen molar-refractivity contribution in [2.75, 3.05) is 26.2 Å². The van der Waals surface area contributed by atoms with Crippen LogP contribution >= 0.6 is 11.3 Å². The Hall–Kier alpha value is -3.29. The highest BCUT2D eigenvalue weighted by Gasteiger charge is 2.24. The third-order valence-electron chi connectivity index (χ3n) is 6.19. The first kappa shape index (κ1) is 21.6. The number of aromatic nitrogens is 1. The number of fused-ring (bicyclic) bond motifs is 1. The second-order valence-electron chi connectivity index (χ2n) is 8.32. The minimum Gasteiger partial charge on any atom is -0.336 e. The molecule has 4 aromatic rings. The van der Waals surface area contributed by atoms with Crippen LogP contribution in [0.25, 0.3) is 21.3 Å². The van der Waals surface area contributed by atoms with E-state index in [1.54, 1.807) is 35.1 Å². The van der Waals surface area contributed by atoms with Crippen LogP contribution in [0.3, 0.4) is 0 Å². The molecule has 0 unspecified atom stereocenters. The van der Waals surface area contributed by atoms with Crippen LogP contribution in [-0.4, -0.2) is 46.5 Å². The Morgan fingerprint density at radius 2 is 1.76 bits per heavy atom. The van der Waals surface area contributed by atoms with Gasteiger partial charge in [0, 0.05) is 61.0 Å². The van der Waals surface area contributed by atoms with Crippen LogP contribution in [0.15, 0.2) is 71.5 Å². The molecule has 0 bridgehead atoms. The van der Waals surface area contributed by atoms with E-state index in [9.17, 15) is 14.0 Å². The van der Waals surface area contributed by atoms with E-state index in [4.69, 9.17) is 0 Å². The average Bonchev–Trinajstić information content (AvgIpc) is 3.30. The molecule has 2 aromatic heterocycles. The molecule has 1 aliphatic rings. The molecule has 168 valence electrons. The Morgan fingerprint density at radius 1 is 0.970 bits per heavy atom. The number of carbonyl (C=O) groups excluding carboxylic acids is 1. The first-order valence-corrected chi connectivity index (χ1v) is 11.8. The minimum absolute atomic E-state index is 0.0898. The van der Waals surface area contributed by atoms with Crippen molar-refractivity contribution in [2.45, 2.75) is 6.54 Å². The SMILES string of the molecule is Cn1c(=O)cc(C(=O)N2CCN(Cc3ccc(-c4cccc(F)c4)s3)CC2)c2ccccc21. The molecule has 3 heterocycles. The van der Waals surface area contributed by atoms with Crippen LogP contribution in [0.5, 0.6) is 0 Å². The van der Waals surface area contributed by atoms with Crippen LogP contribution in [0.4, 0.5) is 4.39 Å². The van der Waals surface area contributed by atoms with Crippen molar-refractivity contribution in [1.29, 1.82) is 0 Å². The van der Waals surface area contributed by atoms with Gasteiger partial charge in [-0.1, -0.05) is 30.3 Å². The number of hydrogen-bond donors (Lipinski definition) is 0. The summed E-state index contributed by atoms with van der Waals surface area (Å²) in [7, 11) is 1.72. The summed E-state index contributed by atoms with van der Waals surface area (Å²) >= 11 is 1.67. The monoisotopic (exact) mass is 461 g/mol. The van der Waals surface area contributed by atoms with Crippen molar-refractivity contribution in [2.24, 2.45) is 7.05 Å². The van der Waals surface area contributed by atoms with Gasteiger partial charge >= 0.3 is 0 Å². The molecule has 0 N–H and O–H groups in total. The highest BCUT2D eigenvalue weighted by molar-refractivity contribution is 7.15. The number of halogens is 1. The molecule has 1 saturated heterocycles. The molecule has 1 aliphatic heterocycles. The van der Waals surface area contributed by atoms with E-state index in [2.05, 4.69) is 11.0 Å². The molecule has 1 fully saturated rings. The molecule has 7 heteroatoms. The minimum atomic E-state index is -0.229. The fourth-order valence-corrected chi connectivity index (χ4v) is 5.39. The summed E-state index contributed by atoms with van der Waals surface area (Å²) in [5.74, 6) is -0.319. The third kappa shape index (κ3) is 4.34. The first-order chi connectivity index (χ1) is 16.0. The van der Waals surface area contributed by atoms with Crippen molar-refractivity contribution in [3.8, 4) is 10.4 Å². The molecule has 2 aromatic carbocycles. The van der Waals surface area contributed by atoms with Gasteiger partial charge in [-0.05, 0) is 35.9 Å². The van der Waals surface area contributed by atoms with E-state index in [0.29, 0.717) is 18.7 Å². The number of pyridine rings is 1. The lowest BCUT2D eigenvalue weighted by Crippen LogP contribution is -2.48. The van der Waals surface area contributed by atoms with Gasteiger partial charge in [-0.2, -0.15) is 0 Å². The number of benzene rings is 2. The fourth-order valence-electron chi connectivity index (χ4n) is 4.35. The molecule has 0 spiro atoms. The fraction of sp³-hybridized carbons (Fsp3) is 0.231. The topological polar surface area (TPSA) is 45.6 Å². The number of para-hydroxylation sites is 1. The van der Waals surface area contributed by atoms with Crippen LogP contribution in [-0.2, 0) is 13.6 Å². The Balaban J connectivity index is 1.26. The number of aryl methyl sites for hydroxylation is 1. The van der Waals surface area contributed by atoms with Crippen LogP contribution < -0.4 is 5.56 Å². The van der Waals surface area contributed by atoms with Crippen molar-refractivity contribution < 1.29 is 9.18 Å². The molecule has 5 rings (SSSR count). The van der Waals surface area contributed by atoms with Crippen molar-refractivity contribution >= 4 is 28.1 Å². The van der Waals surface area contributed by atoms with E-state index >= 15 is 0 Å². The molecular weight excluding hydrogens is 437 g/mol. The van der Waals surface area contributed by atoms with Gasteiger partial charge in [0.15, 0.2) is 0 Å². The van der Waals surface area contributed by atoms with E-state index < -0.39 is 0 Å². The smallest absolute Gasteiger partial charge is 0.254 e. The summed E-state index contributed by atoms with van der Waals surface area (Å²) < 4.78 is 15.1. The lowest BCUT2D eigenvalue weighted by atomic mass is 10.1. The second kappa shape index (κ2) is 8.92. The van der Waals surface area contributed by atoms with Crippen LogP contribution in [0.1, 0.15) is 15.2 Å². The second-order valence-corrected chi connectivity index (χ2v) is 9.49. The first-order valence-electron chi connectivity index (χ1n) is 10.9. The van der Waals surface area contributed by atoms with Gasteiger partial charge in [0.25, 0.3) is 11.5 Å². The maximum Gasteiger partial charge on any atom is 0.254 e. The summed E-state index contributed by atoms with van der Waals surface area (Å²) in [6.07, 6.45) is 0. The zero-order chi connectivity index (χ0) is 22.9. The molecule has 0 aliphatic carbocycles. The van der Waals surface area contributed by atoms with Gasteiger partial charge in [0.2, 0.25) is 0 Å². The van der Waals surface area contributed by atoms with Crippen molar-refractivity contribution in [1.82, 2.24) is 14.4 Å². The molecule has 1 amide bonds. The number of carbonyl (C=O) groups is 1. The summed E-state index contributed by atoms with van der Waals surface area (Å²) in [6, 6.07) is 19.8. The Labute approximate surface area is 195 Å². The normalized spacial score (nSPS) is 14.7. The lowest BCUT2D eigenvalue weighted by molar-refractivity contribution is 0.0631. The Bertz CT molecular complexity index is 1390. The number of nitrogens with zero attached hydrogens (tertiary/aromatic N) is 3. The van der Waals surface area contributed by atoms with Gasteiger partial charge in [-0.25, -0.2) is 4.39 Å². The molecule has 0 radical (unpaired) electrons. The van der Waals surface area contributed by atoms with E-state index in [1.165, 1.54) is 17.0 Å². The standard InChI is InChI=1S/C26H24FN3O2S/c1-28-23-8-3-2-7-21(23)22(16-25(28)31)26(32)30-13-11-29(12-14-30)17-20-9-10-24(33-20)18-5-4-6-19(27)15-18/h2-10,15-16H,11-14,17H2,1H3. The van der Waals surface area contributed by atoms with Crippen LogP contribution in [0, 0.1) is 5.82 Å². The zero-order valence-corrected chi connectivity index (χ0v) is 19.1. The molecular formula is C26H24FN3O2S. The van der Waals surface area contributed by atoms with Gasteiger partial charge in [-0.15, -0.1) is 11.3 Å². The number of rotatable bonds is 4. The Morgan fingerprint density at radius 3 is 2.55 bits per heavy atom. The summed E-state index contributed by atoms with van der Waals surface area (Å²) in [6.45, 7) is 3.56. The van der Waals surface area contributed by atoms with E-state index in [0.717, 1.165) is 41.0 Å². The molecule has 0 saturated carbocycles. The number of piperazine rings is 1. The molecule has 33 heavy (non-hydrogen) atoms. The lowest BCUT2D eigenvalue weighted by Gasteiger charge is -2.34. The van der Waals surface area contributed by atoms with Gasteiger partial charge < -0.3 is 9.47 Å². The van der Waals surface area contributed by atoms with Gasteiger partial charge in [0.05, 0.1) is 11.1 Å². The zero-order valence-electron chi connectivity index (χ0n) is 18.3. The highest BCUT2D eigenvalue weighted by atomic mass is 32.1. The predicted octanol–water partition coefficient (Wildman–Crippen LogP) is 4.36. The number of hydrogen-bond acceptors (Lipinski definition) is 4. The van der Waals surface area contributed by atoms with Crippen LogP contribution in [0.2, 0.25) is 0 Å². The number of thiophene rings is 1. The van der Waals surface area contributed by atoms with E-state index in [1.807, 2.05) is 41.3 Å². The van der Waals surface area contributed by atoms with Gasteiger partial charge in [-0.3, -0.25) is 14.5 Å². The van der Waals surface area contributed by atoms with E-state index in [-0.39, 0.29) is 17.3 Å². The van der Waals surface area contributed by atoms with Gasteiger partial charge in [0.1, 0.15) is 5.82 Å². The summed E-state index contributed by atoms with van der Waals surface area (Å²) in [4.78, 5) is 32.1. The molecule has 5 nitrogen and oxygen atoms in total. The Kier molecular flexibility index (Phi) is 5.83. The predicted molar refractivity (Wildman–Crippen MR) is 130 cm³/mol. The largest absolute Gasteiger partial charge is 0.336 e. The number of amides is 1. The van der Waals surface area contributed by atoms with Crippen molar-refractivity contribution in [3.63, 3.8) is 0 Å². The average molecular weight is 462 g/mol. The molecule has 0 atom stereocenters. The quantitative estimate of drug-likeness (QED) is 0.454. The van der Waals surface area contributed by atoms with Crippen molar-refractivity contribution in [3.05, 3.63) is 93.3 Å². The third-order valence-corrected chi connectivity index (χ3v) is 7.31. The maximum absolute atomic E-state index is 13.5. The summed E-state index contributed by atoms with van der Waals surface area (Å²) in [5, 5.41) is 0.801. The summed E-state index contributed by atoms with van der Waals surface area (Å²) in [5.41, 5.74) is 1.95. The maximum atomic E-state index is 13.5. The highest BCUT2D eigenvalue weighted by Crippen LogP contribution is 2.29.